The second-order valence-corrected chi connectivity index (χ2v) is 5.90. The van der Waals surface area contributed by atoms with Crippen molar-refractivity contribution >= 4 is 31.9 Å². The molecule has 106 valence electrons. The molecule has 3 nitrogen and oxygen atoms in total. The van der Waals surface area contributed by atoms with Gasteiger partial charge in [0.15, 0.2) is 0 Å². The maximum atomic E-state index is 9.27. The number of ether oxygens (including phenoxy) is 2. The molecule has 0 unspecified atom stereocenters. The van der Waals surface area contributed by atoms with Crippen LogP contribution in [-0.2, 0) is 6.61 Å². The van der Waals surface area contributed by atoms with Gasteiger partial charge >= 0.3 is 0 Å². The van der Waals surface area contributed by atoms with Crippen LogP contribution in [0.25, 0.3) is 0 Å². The van der Waals surface area contributed by atoms with Gasteiger partial charge in [0.05, 0.1) is 6.61 Å². The van der Waals surface area contributed by atoms with Gasteiger partial charge in [-0.25, -0.2) is 0 Å². The minimum atomic E-state index is -0.0543. The van der Waals surface area contributed by atoms with Crippen LogP contribution >= 0.6 is 31.9 Å². The van der Waals surface area contributed by atoms with Crippen LogP contribution in [0.2, 0.25) is 0 Å². The van der Waals surface area contributed by atoms with Gasteiger partial charge < -0.3 is 14.6 Å². The quantitative estimate of drug-likeness (QED) is 0.738. The standard InChI is InChI=1S/C15H14Br2O3/c16-12-2-1-3-14(9-12)19-6-7-20-15-5-4-13(17)8-11(15)10-18/h1-5,8-9,18H,6-7,10H2. The van der Waals surface area contributed by atoms with Gasteiger partial charge in [0.1, 0.15) is 24.7 Å². The largest absolute Gasteiger partial charge is 0.490 e. The summed E-state index contributed by atoms with van der Waals surface area (Å²) in [5, 5.41) is 9.27. The first-order chi connectivity index (χ1) is 9.69. The van der Waals surface area contributed by atoms with Crippen molar-refractivity contribution in [2.24, 2.45) is 0 Å². The van der Waals surface area contributed by atoms with E-state index in [1.54, 1.807) is 0 Å². The second kappa shape index (κ2) is 7.67. The third-order valence-corrected chi connectivity index (χ3v) is 3.59. The highest BCUT2D eigenvalue weighted by Crippen LogP contribution is 2.23. The molecular formula is C15H14Br2O3. The molecule has 20 heavy (non-hydrogen) atoms. The fourth-order valence-corrected chi connectivity index (χ4v) is 2.47. The van der Waals surface area contributed by atoms with E-state index in [1.807, 2.05) is 42.5 Å². The second-order valence-electron chi connectivity index (χ2n) is 4.06. The predicted octanol–water partition coefficient (Wildman–Crippen LogP) is 4.16. The van der Waals surface area contributed by atoms with E-state index < -0.39 is 0 Å². The fourth-order valence-electron chi connectivity index (χ4n) is 1.68. The van der Waals surface area contributed by atoms with Gasteiger partial charge in [0, 0.05) is 14.5 Å². The van der Waals surface area contributed by atoms with Crippen molar-refractivity contribution in [2.75, 3.05) is 13.2 Å². The zero-order valence-electron chi connectivity index (χ0n) is 10.7. The van der Waals surface area contributed by atoms with Gasteiger partial charge in [-0.3, -0.25) is 0 Å². The average molecular weight is 402 g/mol. The Balaban J connectivity index is 1.84. The molecule has 0 heterocycles. The van der Waals surface area contributed by atoms with Crippen LogP contribution in [0.4, 0.5) is 0 Å². The topological polar surface area (TPSA) is 38.7 Å². The summed E-state index contributed by atoms with van der Waals surface area (Å²) in [5.41, 5.74) is 0.752. The summed E-state index contributed by atoms with van der Waals surface area (Å²) in [6, 6.07) is 13.2. The molecule has 0 fully saturated rings. The van der Waals surface area contributed by atoms with Crippen molar-refractivity contribution < 1.29 is 14.6 Å². The average Bonchev–Trinajstić information content (AvgIpc) is 2.45. The van der Waals surface area contributed by atoms with E-state index in [0.29, 0.717) is 19.0 Å². The van der Waals surface area contributed by atoms with Gasteiger partial charge in [-0.05, 0) is 36.4 Å². The Bertz CT molecular complexity index is 573. The summed E-state index contributed by atoms with van der Waals surface area (Å²) >= 11 is 6.75. The summed E-state index contributed by atoms with van der Waals surface area (Å²) in [5.74, 6) is 1.47. The lowest BCUT2D eigenvalue weighted by molar-refractivity contribution is 0.209. The molecule has 0 aliphatic heterocycles. The van der Waals surface area contributed by atoms with Crippen LogP contribution in [0.1, 0.15) is 5.56 Å². The van der Waals surface area contributed by atoms with E-state index >= 15 is 0 Å². The predicted molar refractivity (Wildman–Crippen MR) is 85.2 cm³/mol. The van der Waals surface area contributed by atoms with E-state index in [1.165, 1.54) is 0 Å². The van der Waals surface area contributed by atoms with Crippen molar-refractivity contribution in [3.63, 3.8) is 0 Å². The zero-order valence-corrected chi connectivity index (χ0v) is 13.9. The van der Waals surface area contributed by atoms with Crippen molar-refractivity contribution in [3.05, 3.63) is 57.0 Å². The number of hydrogen-bond acceptors (Lipinski definition) is 3. The van der Waals surface area contributed by atoms with Crippen molar-refractivity contribution in [1.29, 1.82) is 0 Å². The third-order valence-electron chi connectivity index (χ3n) is 2.60. The Morgan fingerprint density at radius 2 is 1.65 bits per heavy atom. The molecule has 1 N–H and O–H groups in total. The molecule has 0 saturated heterocycles. The molecule has 0 bridgehead atoms. The molecule has 5 heteroatoms. The number of aliphatic hydroxyl groups excluding tert-OH is 1. The highest BCUT2D eigenvalue weighted by molar-refractivity contribution is 9.10. The number of rotatable bonds is 6. The van der Waals surface area contributed by atoms with E-state index in [9.17, 15) is 5.11 Å². The molecule has 0 atom stereocenters. The van der Waals surface area contributed by atoms with Crippen LogP contribution in [0.5, 0.6) is 11.5 Å². The molecule has 0 aliphatic rings. The van der Waals surface area contributed by atoms with Gasteiger partial charge in [-0.15, -0.1) is 0 Å². The minimum absolute atomic E-state index is 0.0543. The molecule has 0 spiro atoms. The lowest BCUT2D eigenvalue weighted by Crippen LogP contribution is -2.10. The van der Waals surface area contributed by atoms with Gasteiger partial charge in [0.2, 0.25) is 0 Å². The van der Waals surface area contributed by atoms with Crippen LogP contribution in [-0.4, -0.2) is 18.3 Å². The normalized spacial score (nSPS) is 10.3. The Kier molecular flexibility index (Phi) is 5.88. The minimum Gasteiger partial charge on any atom is -0.490 e. The van der Waals surface area contributed by atoms with Crippen LogP contribution in [0.15, 0.2) is 51.4 Å². The molecule has 0 amide bonds. The summed E-state index contributed by atoms with van der Waals surface area (Å²) in [6.07, 6.45) is 0. The molecule has 0 aliphatic carbocycles. The number of hydrogen-bond donors (Lipinski definition) is 1. The molecule has 0 saturated carbocycles. The molecular weight excluding hydrogens is 388 g/mol. The highest BCUT2D eigenvalue weighted by atomic mass is 79.9. The monoisotopic (exact) mass is 400 g/mol. The summed E-state index contributed by atoms with van der Waals surface area (Å²) < 4.78 is 13.1. The molecule has 0 radical (unpaired) electrons. The third kappa shape index (κ3) is 4.51. The summed E-state index contributed by atoms with van der Waals surface area (Å²) in [4.78, 5) is 0. The highest BCUT2D eigenvalue weighted by Gasteiger charge is 2.03. The lowest BCUT2D eigenvalue weighted by atomic mass is 10.2. The van der Waals surface area contributed by atoms with Gasteiger partial charge in [-0.2, -0.15) is 0 Å². The number of aliphatic hydroxyl groups is 1. The Morgan fingerprint density at radius 1 is 0.900 bits per heavy atom. The number of halogens is 2. The molecule has 2 rings (SSSR count). The maximum absolute atomic E-state index is 9.27. The zero-order chi connectivity index (χ0) is 14.4. The van der Waals surface area contributed by atoms with Crippen molar-refractivity contribution in [2.45, 2.75) is 6.61 Å². The SMILES string of the molecule is OCc1cc(Br)ccc1OCCOc1cccc(Br)c1. The Labute approximate surface area is 134 Å². The van der Waals surface area contributed by atoms with E-state index in [0.717, 1.165) is 20.3 Å². The first kappa shape index (κ1) is 15.4. The lowest BCUT2D eigenvalue weighted by Gasteiger charge is -2.11. The summed E-state index contributed by atoms with van der Waals surface area (Å²) in [7, 11) is 0. The fraction of sp³-hybridized carbons (Fsp3) is 0.200. The first-order valence-electron chi connectivity index (χ1n) is 6.09. The van der Waals surface area contributed by atoms with Crippen molar-refractivity contribution in [3.8, 4) is 11.5 Å². The van der Waals surface area contributed by atoms with Crippen LogP contribution < -0.4 is 9.47 Å². The van der Waals surface area contributed by atoms with Crippen molar-refractivity contribution in [1.82, 2.24) is 0 Å². The van der Waals surface area contributed by atoms with Crippen LogP contribution in [0.3, 0.4) is 0 Å². The first-order valence-corrected chi connectivity index (χ1v) is 7.68. The molecule has 0 aromatic heterocycles. The van der Waals surface area contributed by atoms with Crippen LogP contribution in [0, 0.1) is 0 Å². The van der Waals surface area contributed by atoms with E-state index in [2.05, 4.69) is 31.9 Å². The molecule has 2 aromatic rings. The van der Waals surface area contributed by atoms with E-state index in [-0.39, 0.29) is 6.61 Å². The Morgan fingerprint density at radius 3 is 2.40 bits per heavy atom. The Hall–Kier alpha value is -1.04. The summed E-state index contributed by atoms with van der Waals surface area (Å²) in [6.45, 7) is 0.805. The smallest absolute Gasteiger partial charge is 0.125 e. The maximum Gasteiger partial charge on any atom is 0.125 e. The molecule has 2 aromatic carbocycles. The van der Waals surface area contributed by atoms with E-state index in [4.69, 9.17) is 9.47 Å². The number of benzene rings is 2. The van der Waals surface area contributed by atoms with Gasteiger partial charge in [-0.1, -0.05) is 37.9 Å². The van der Waals surface area contributed by atoms with Gasteiger partial charge in [0.25, 0.3) is 0 Å².